The van der Waals surface area contributed by atoms with E-state index in [1.807, 2.05) is 42.3 Å². The molecule has 1 atom stereocenters. The molecule has 0 aromatic carbocycles. The van der Waals surface area contributed by atoms with Crippen molar-refractivity contribution in [2.75, 3.05) is 13.1 Å². The molecule has 3 aromatic heterocycles. The van der Waals surface area contributed by atoms with Gasteiger partial charge in [0, 0.05) is 49.5 Å². The number of pyridine rings is 1. The molecule has 1 saturated heterocycles. The second kappa shape index (κ2) is 7.03. The minimum Gasteiger partial charge on any atom is -0.338 e. The first-order chi connectivity index (χ1) is 12.7. The molecule has 7 nitrogen and oxygen atoms in total. The Morgan fingerprint density at radius 2 is 2.12 bits per heavy atom. The van der Waals surface area contributed by atoms with E-state index in [9.17, 15) is 4.79 Å². The molecule has 1 unspecified atom stereocenters. The van der Waals surface area contributed by atoms with Gasteiger partial charge in [-0.3, -0.25) is 4.79 Å². The summed E-state index contributed by atoms with van der Waals surface area (Å²) in [5.41, 5.74) is 1.61. The number of carbonyl (C=O) groups is 1. The van der Waals surface area contributed by atoms with Crippen molar-refractivity contribution in [3.63, 3.8) is 0 Å². The molecule has 1 amide bonds. The SMILES string of the molecule is Cc1nccc(C2CCCN(C(=O)c3ccc(-n4cccn4)nc3)C2)n1. The van der Waals surface area contributed by atoms with E-state index in [0.29, 0.717) is 17.9 Å². The lowest BCUT2D eigenvalue weighted by atomic mass is 9.94. The van der Waals surface area contributed by atoms with Crippen LogP contribution in [0.25, 0.3) is 5.82 Å². The Hall–Kier alpha value is -3.09. The van der Waals surface area contributed by atoms with Gasteiger partial charge in [-0.25, -0.2) is 19.6 Å². The molecule has 1 aliphatic rings. The van der Waals surface area contributed by atoms with E-state index >= 15 is 0 Å². The highest BCUT2D eigenvalue weighted by molar-refractivity contribution is 5.94. The van der Waals surface area contributed by atoms with Crippen LogP contribution in [0, 0.1) is 6.92 Å². The lowest BCUT2D eigenvalue weighted by Crippen LogP contribution is -2.39. The molecule has 0 saturated carbocycles. The van der Waals surface area contributed by atoms with Crippen molar-refractivity contribution in [3.05, 3.63) is 66.1 Å². The zero-order valence-corrected chi connectivity index (χ0v) is 14.6. The lowest BCUT2D eigenvalue weighted by Gasteiger charge is -2.32. The fraction of sp³-hybridized carbons (Fsp3) is 0.316. The monoisotopic (exact) mass is 348 g/mol. The minimum absolute atomic E-state index is 0.0139. The second-order valence-electron chi connectivity index (χ2n) is 6.47. The third-order valence-electron chi connectivity index (χ3n) is 4.66. The van der Waals surface area contributed by atoms with Gasteiger partial charge in [0.1, 0.15) is 5.82 Å². The number of rotatable bonds is 3. The average molecular weight is 348 g/mol. The molecule has 0 aliphatic carbocycles. The fourth-order valence-corrected chi connectivity index (χ4v) is 3.34. The number of aryl methyl sites for hydroxylation is 1. The van der Waals surface area contributed by atoms with Crippen LogP contribution < -0.4 is 0 Å². The summed E-state index contributed by atoms with van der Waals surface area (Å²) in [6.07, 6.45) is 8.94. The maximum atomic E-state index is 12.9. The summed E-state index contributed by atoms with van der Waals surface area (Å²) < 4.78 is 1.67. The van der Waals surface area contributed by atoms with Gasteiger partial charge in [-0.15, -0.1) is 0 Å². The maximum absolute atomic E-state index is 12.9. The standard InChI is InChI=1S/C19H20N6O/c1-14-20-9-7-17(23-14)16-4-2-10-24(13-16)19(26)15-5-6-18(21-12-15)25-11-3-8-22-25/h3,5-9,11-12,16H,2,4,10,13H2,1H3. The van der Waals surface area contributed by atoms with Gasteiger partial charge in [-0.1, -0.05) is 0 Å². The Kier molecular flexibility index (Phi) is 4.43. The lowest BCUT2D eigenvalue weighted by molar-refractivity contribution is 0.0705. The highest BCUT2D eigenvalue weighted by Gasteiger charge is 2.26. The first-order valence-electron chi connectivity index (χ1n) is 8.75. The number of nitrogens with zero attached hydrogens (tertiary/aromatic N) is 6. The van der Waals surface area contributed by atoms with Gasteiger partial charge in [-0.2, -0.15) is 5.10 Å². The highest BCUT2D eigenvalue weighted by atomic mass is 16.2. The molecule has 0 bridgehead atoms. The summed E-state index contributed by atoms with van der Waals surface area (Å²) in [6, 6.07) is 7.41. The number of hydrogen-bond acceptors (Lipinski definition) is 5. The smallest absolute Gasteiger partial charge is 0.255 e. The Bertz CT molecular complexity index is 891. The van der Waals surface area contributed by atoms with Gasteiger partial charge in [0.2, 0.25) is 0 Å². The summed E-state index contributed by atoms with van der Waals surface area (Å²) >= 11 is 0. The average Bonchev–Trinajstić information content (AvgIpc) is 3.22. The highest BCUT2D eigenvalue weighted by Crippen LogP contribution is 2.26. The molecule has 4 heterocycles. The summed E-state index contributed by atoms with van der Waals surface area (Å²) in [7, 11) is 0. The summed E-state index contributed by atoms with van der Waals surface area (Å²) in [5, 5.41) is 4.15. The summed E-state index contributed by atoms with van der Waals surface area (Å²) in [5.74, 6) is 1.73. The van der Waals surface area contributed by atoms with E-state index in [-0.39, 0.29) is 11.8 Å². The van der Waals surface area contributed by atoms with Crippen LogP contribution in [-0.4, -0.2) is 48.6 Å². The number of piperidine rings is 1. The van der Waals surface area contributed by atoms with E-state index in [2.05, 4.69) is 20.1 Å². The van der Waals surface area contributed by atoms with Crippen LogP contribution in [0.1, 0.15) is 40.6 Å². The van der Waals surface area contributed by atoms with Crippen molar-refractivity contribution in [2.24, 2.45) is 0 Å². The van der Waals surface area contributed by atoms with Crippen LogP contribution in [0.4, 0.5) is 0 Å². The van der Waals surface area contributed by atoms with Gasteiger partial charge in [0.05, 0.1) is 5.56 Å². The van der Waals surface area contributed by atoms with Crippen molar-refractivity contribution in [2.45, 2.75) is 25.7 Å². The normalized spacial score (nSPS) is 17.3. The summed E-state index contributed by atoms with van der Waals surface area (Å²) in [4.78, 5) is 27.8. The molecule has 7 heteroatoms. The fourth-order valence-electron chi connectivity index (χ4n) is 3.34. The number of likely N-dealkylation sites (tertiary alicyclic amines) is 1. The molecule has 0 radical (unpaired) electrons. The molecule has 1 fully saturated rings. The molecular formula is C19H20N6O. The molecule has 1 aliphatic heterocycles. The third-order valence-corrected chi connectivity index (χ3v) is 4.66. The van der Waals surface area contributed by atoms with E-state index in [4.69, 9.17) is 0 Å². The number of hydrogen-bond donors (Lipinski definition) is 0. The van der Waals surface area contributed by atoms with Crippen molar-refractivity contribution < 1.29 is 4.79 Å². The number of amides is 1. The zero-order chi connectivity index (χ0) is 17.9. The number of carbonyl (C=O) groups excluding carboxylic acids is 1. The zero-order valence-electron chi connectivity index (χ0n) is 14.6. The van der Waals surface area contributed by atoms with Crippen LogP contribution in [0.3, 0.4) is 0 Å². The van der Waals surface area contributed by atoms with Gasteiger partial charge >= 0.3 is 0 Å². The first kappa shape index (κ1) is 16.4. The Balaban J connectivity index is 1.49. The van der Waals surface area contributed by atoms with Crippen LogP contribution in [0.5, 0.6) is 0 Å². The predicted molar refractivity (Wildman–Crippen MR) is 96.0 cm³/mol. The van der Waals surface area contributed by atoms with Crippen LogP contribution in [0.15, 0.2) is 49.1 Å². The molecule has 4 rings (SSSR count). The molecule has 26 heavy (non-hydrogen) atoms. The van der Waals surface area contributed by atoms with Crippen molar-refractivity contribution in [1.29, 1.82) is 0 Å². The van der Waals surface area contributed by atoms with Gasteiger partial charge < -0.3 is 4.90 Å². The second-order valence-corrected chi connectivity index (χ2v) is 6.47. The Morgan fingerprint density at radius 1 is 1.19 bits per heavy atom. The van der Waals surface area contributed by atoms with E-state index in [0.717, 1.165) is 30.9 Å². The third kappa shape index (κ3) is 3.33. The van der Waals surface area contributed by atoms with Crippen LogP contribution in [0.2, 0.25) is 0 Å². The summed E-state index contributed by atoms with van der Waals surface area (Å²) in [6.45, 7) is 3.33. The van der Waals surface area contributed by atoms with Crippen molar-refractivity contribution in [3.8, 4) is 5.82 Å². The maximum Gasteiger partial charge on any atom is 0.255 e. The predicted octanol–water partition coefficient (Wildman–Crippen LogP) is 2.39. The largest absolute Gasteiger partial charge is 0.338 e. The van der Waals surface area contributed by atoms with E-state index in [1.54, 1.807) is 23.3 Å². The molecular weight excluding hydrogens is 328 g/mol. The van der Waals surface area contributed by atoms with Gasteiger partial charge in [0.15, 0.2) is 5.82 Å². The number of aromatic nitrogens is 5. The van der Waals surface area contributed by atoms with Gasteiger partial charge in [0.25, 0.3) is 5.91 Å². The van der Waals surface area contributed by atoms with Crippen LogP contribution >= 0.6 is 0 Å². The molecule has 0 N–H and O–H groups in total. The van der Waals surface area contributed by atoms with Crippen LogP contribution in [-0.2, 0) is 0 Å². The molecule has 3 aromatic rings. The molecule has 132 valence electrons. The first-order valence-corrected chi connectivity index (χ1v) is 8.75. The van der Waals surface area contributed by atoms with E-state index < -0.39 is 0 Å². The quantitative estimate of drug-likeness (QED) is 0.726. The topological polar surface area (TPSA) is 76.8 Å². The Labute approximate surface area is 151 Å². The van der Waals surface area contributed by atoms with Gasteiger partial charge in [-0.05, 0) is 44.0 Å². The Morgan fingerprint density at radius 3 is 2.85 bits per heavy atom. The minimum atomic E-state index is 0.0139. The van der Waals surface area contributed by atoms with E-state index in [1.165, 1.54) is 0 Å². The van der Waals surface area contributed by atoms with Crippen molar-refractivity contribution >= 4 is 5.91 Å². The van der Waals surface area contributed by atoms with Crippen molar-refractivity contribution in [1.82, 2.24) is 29.6 Å². The molecule has 0 spiro atoms.